The lowest BCUT2D eigenvalue weighted by atomic mass is 10.1. The molecule has 1 amide bonds. The topological polar surface area (TPSA) is 32.8 Å². The van der Waals surface area contributed by atoms with Crippen LogP contribution >= 0.6 is 0 Å². The summed E-state index contributed by atoms with van der Waals surface area (Å²) in [7, 11) is 3.83. The molecule has 1 saturated heterocycles. The Morgan fingerprint density at radius 2 is 1.96 bits per heavy atom. The predicted molar refractivity (Wildman–Crippen MR) is 85.3 cm³/mol. The quantitative estimate of drug-likeness (QED) is 0.752. The third kappa shape index (κ3) is 4.84. The molecule has 4 nitrogen and oxygen atoms in total. The third-order valence-electron chi connectivity index (χ3n) is 4.28. The third-order valence-corrected chi connectivity index (χ3v) is 4.28. The maximum atomic E-state index is 13.2. The number of ether oxygens (including phenoxy) is 1. The number of hydrogen-bond donors (Lipinski definition) is 0. The van der Waals surface area contributed by atoms with E-state index in [-0.39, 0.29) is 11.6 Å². The molecular formula is C17H22F4N2O2. The first-order valence-electron chi connectivity index (χ1n) is 8.12. The van der Waals surface area contributed by atoms with Crippen LogP contribution in [0.1, 0.15) is 29.6 Å². The minimum absolute atomic E-state index is 0.137. The van der Waals surface area contributed by atoms with Crippen LogP contribution in [0, 0.1) is 0 Å². The minimum atomic E-state index is -4.65. The molecule has 8 heteroatoms. The van der Waals surface area contributed by atoms with Crippen LogP contribution in [0.3, 0.4) is 0 Å². The largest absolute Gasteiger partial charge is 0.461 e. The van der Waals surface area contributed by atoms with Gasteiger partial charge in [-0.1, -0.05) is 18.6 Å². The fraction of sp³-hybridized carbons (Fsp3) is 0.588. The Kier molecular flexibility index (Phi) is 6.26. The van der Waals surface area contributed by atoms with Crippen LogP contribution in [0.2, 0.25) is 0 Å². The molecule has 0 N–H and O–H groups in total. The number of likely N-dealkylation sites (tertiary alicyclic amines) is 1. The molecule has 1 fully saturated rings. The van der Waals surface area contributed by atoms with Crippen LogP contribution in [-0.4, -0.2) is 61.5 Å². The molecule has 0 spiro atoms. The van der Waals surface area contributed by atoms with Gasteiger partial charge in [-0.15, -0.1) is 0 Å². The van der Waals surface area contributed by atoms with Crippen LogP contribution in [0.5, 0.6) is 5.75 Å². The molecule has 140 valence electrons. The first-order chi connectivity index (χ1) is 11.7. The normalized spacial score (nSPS) is 19.2. The van der Waals surface area contributed by atoms with Crippen LogP contribution in [0.15, 0.2) is 24.3 Å². The summed E-state index contributed by atoms with van der Waals surface area (Å²) >= 11 is 0. The van der Waals surface area contributed by atoms with Crippen molar-refractivity contribution in [3.63, 3.8) is 0 Å². The molecule has 0 aromatic heterocycles. The molecule has 0 unspecified atom stereocenters. The maximum absolute atomic E-state index is 13.2. The smallest absolute Gasteiger partial charge is 0.427 e. The second-order valence-electron chi connectivity index (χ2n) is 6.33. The molecular weight excluding hydrogens is 340 g/mol. The molecule has 1 aromatic rings. The van der Waals surface area contributed by atoms with Crippen LogP contribution in [-0.2, 0) is 0 Å². The molecule has 2 rings (SSSR count). The van der Waals surface area contributed by atoms with E-state index in [9.17, 15) is 22.4 Å². The van der Waals surface area contributed by atoms with Crippen molar-refractivity contribution in [2.24, 2.45) is 0 Å². The highest BCUT2D eigenvalue weighted by Gasteiger charge is 2.44. The highest BCUT2D eigenvalue weighted by Crippen LogP contribution is 2.30. The molecule has 1 aliphatic heterocycles. The number of carbonyl (C=O) groups excluding carboxylic acids is 1. The van der Waals surface area contributed by atoms with Crippen molar-refractivity contribution in [2.45, 2.75) is 37.8 Å². The summed E-state index contributed by atoms with van der Waals surface area (Å²) < 4.78 is 55.5. The number of rotatable bonds is 5. The predicted octanol–water partition coefficient (Wildman–Crippen LogP) is 3.48. The average Bonchev–Trinajstić information content (AvgIpc) is 2.80. The molecule has 0 radical (unpaired) electrons. The van der Waals surface area contributed by atoms with E-state index in [4.69, 9.17) is 0 Å². The zero-order chi connectivity index (χ0) is 18.6. The van der Waals surface area contributed by atoms with Crippen molar-refractivity contribution in [2.75, 3.05) is 27.2 Å². The zero-order valence-electron chi connectivity index (χ0n) is 14.2. The van der Waals surface area contributed by atoms with Crippen LogP contribution < -0.4 is 4.74 Å². The average molecular weight is 362 g/mol. The monoisotopic (exact) mass is 362 g/mol. The molecule has 1 atom stereocenters. The van der Waals surface area contributed by atoms with Crippen LogP contribution in [0.25, 0.3) is 0 Å². The first kappa shape index (κ1) is 19.5. The van der Waals surface area contributed by atoms with E-state index in [0.29, 0.717) is 13.1 Å². The van der Waals surface area contributed by atoms with Gasteiger partial charge in [0.1, 0.15) is 5.75 Å². The first-order valence-corrected chi connectivity index (χ1v) is 8.12. The fourth-order valence-electron chi connectivity index (χ4n) is 2.82. The zero-order valence-corrected chi connectivity index (χ0v) is 14.2. The highest BCUT2D eigenvalue weighted by molar-refractivity contribution is 5.97. The molecule has 0 bridgehead atoms. The molecule has 0 saturated carbocycles. The van der Waals surface area contributed by atoms with Gasteiger partial charge in [0.05, 0.1) is 5.56 Å². The van der Waals surface area contributed by atoms with Gasteiger partial charge in [-0.3, -0.25) is 4.79 Å². The van der Waals surface area contributed by atoms with Crippen molar-refractivity contribution >= 4 is 5.91 Å². The Morgan fingerprint density at radius 3 is 2.60 bits per heavy atom. The number of para-hydroxylation sites is 1. The van der Waals surface area contributed by atoms with E-state index in [1.807, 2.05) is 19.0 Å². The van der Waals surface area contributed by atoms with Crippen molar-refractivity contribution in [3.05, 3.63) is 29.8 Å². The number of nitrogens with zero attached hydrogens (tertiary/aromatic N) is 2. The highest BCUT2D eigenvalue weighted by atomic mass is 19.3. The number of hydrogen-bond acceptors (Lipinski definition) is 3. The summed E-state index contributed by atoms with van der Waals surface area (Å²) in [6.07, 6.45) is -5.95. The van der Waals surface area contributed by atoms with E-state index >= 15 is 0 Å². The van der Waals surface area contributed by atoms with E-state index in [2.05, 4.69) is 4.74 Å². The number of benzene rings is 1. The van der Waals surface area contributed by atoms with Gasteiger partial charge in [0.2, 0.25) is 0 Å². The number of likely N-dealkylation sites (N-methyl/N-ethyl adjacent to an activating group) is 1. The van der Waals surface area contributed by atoms with Crippen molar-refractivity contribution < 1.29 is 27.1 Å². The molecule has 1 aliphatic rings. The number of halogens is 4. The molecule has 25 heavy (non-hydrogen) atoms. The van der Waals surface area contributed by atoms with Crippen molar-refractivity contribution in [3.8, 4) is 5.75 Å². The van der Waals surface area contributed by atoms with E-state index in [1.165, 1.54) is 18.2 Å². The summed E-state index contributed by atoms with van der Waals surface area (Å²) in [4.78, 5) is 16.4. The summed E-state index contributed by atoms with van der Waals surface area (Å²) in [5.74, 6) is -1.03. The van der Waals surface area contributed by atoms with E-state index in [0.717, 1.165) is 25.3 Å². The summed E-state index contributed by atoms with van der Waals surface area (Å²) in [6.45, 7) is 0.939. The van der Waals surface area contributed by atoms with Gasteiger partial charge in [-0.05, 0) is 39.1 Å². The van der Waals surface area contributed by atoms with Gasteiger partial charge < -0.3 is 14.5 Å². The van der Waals surface area contributed by atoms with E-state index < -0.39 is 24.2 Å². The van der Waals surface area contributed by atoms with E-state index in [1.54, 1.807) is 4.90 Å². The van der Waals surface area contributed by atoms with Crippen molar-refractivity contribution in [1.82, 2.24) is 9.80 Å². The summed E-state index contributed by atoms with van der Waals surface area (Å²) in [5.41, 5.74) is -0.137. The van der Waals surface area contributed by atoms with Gasteiger partial charge in [0, 0.05) is 19.1 Å². The number of alkyl halides is 4. The lowest BCUT2D eigenvalue weighted by molar-refractivity contribution is -0.253. The van der Waals surface area contributed by atoms with Crippen LogP contribution in [0.4, 0.5) is 17.6 Å². The lowest BCUT2D eigenvalue weighted by Crippen LogP contribution is -2.42. The van der Waals surface area contributed by atoms with Gasteiger partial charge in [0.15, 0.2) is 0 Å². The number of amides is 1. The lowest BCUT2D eigenvalue weighted by Gasteiger charge is -2.29. The molecule has 1 heterocycles. The summed E-state index contributed by atoms with van der Waals surface area (Å²) in [5, 5.41) is 0. The second-order valence-corrected chi connectivity index (χ2v) is 6.33. The Morgan fingerprint density at radius 1 is 1.28 bits per heavy atom. The maximum Gasteiger partial charge on any atom is 0.461 e. The Hall–Kier alpha value is -1.83. The Balaban J connectivity index is 2.24. The SMILES string of the molecule is CN(C)[C@H]1CCCCN(C(=O)c2ccccc2OC(F)(F)C(F)F)C1. The van der Waals surface area contributed by atoms with Gasteiger partial charge in [-0.2, -0.15) is 17.6 Å². The van der Waals surface area contributed by atoms with Gasteiger partial charge >= 0.3 is 12.5 Å². The minimum Gasteiger partial charge on any atom is -0.427 e. The summed E-state index contributed by atoms with van der Waals surface area (Å²) in [6, 6.07) is 5.42. The standard InChI is InChI=1S/C17H22F4N2O2/c1-22(2)12-7-5-6-10-23(11-12)15(24)13-8-3-4-9-14(13)25-17(20,21)16(18)19/h3-4,8-9,12,16H,5-7,10-11H2,1-2H3/t12-/m0/s1. The van der Waals surface area contributed by atoms with Gasteiger partial charge in [-0.25, -0.2) is 0 Å². The van der Waals surface area contributed by atoms with Gasteiger partial charge in [0.25, 0.3) is 5.91 Å². The molecule has 1 aromatic carbocycles. The van der Waals surface area contributed by atoms with Crippen molar-refractivity contribution in [1.29, 1.82) is 0 Å². The Labute approximate surface area is 144 Å². The Bertz CT molecular complexity index is 596. The molecule has 0 aliphatic carbocycles. The number of carbonyl (C=O) groups is 1. The second kappa shape index (κ2) is 8.03. The fourth-order valence-corrected chi connectivity index (χ4v) is 2.82.